The predicted molar refractivity (Wildman–Crippen MR) is 83.1 cm³/mol. The molecule has 1 aliphatic heterocycles. The van der Waals surface area contributed by atoms with Gasteiger partial charge in [-0.25, -0.2) is 4.79 Å². The molecule has 0 spiro atoms. The molecule has 0 atom stereocenters. The molecule has 0 aliphatic carbocycles. The third-order valence-corrected chi connectivity index (χ3v) is 3.10. The summed E-state index contributed by atoms with van der Waals surface area (Å²) >= 11 is 0. The van der Waals surface area contributed by atoms with Gasteiger partial charge in [-0.15, -0.1) is 0 Å². The number of benzene rings is 2. The van der Waals surface area contributed by atoms with Crippen LogP contribution in [0.3, 0.4) is 0 Å². The number of aromatic amines is 1. The molecule has 2 amide bonds. The summed E-state index contributed by atoms with van der Waals surface area (Å²) in [6.07, 6.45) is 0. The monoisotopic (exact) mass is 292 g/mol. The van der Waals surface area contributed by atoms with Crippen molar-refractivity contribution in [2.24, 2.45) is 9.98 Å². The van der Waals surface area contributed by atoms with Gasteiger partial charge in [0.05, 0.1) is 11.0 Å². The van der Waals surface area contributed by atoms with Crippen molar-refractivity contribution in [3.63, 3.8) is 0 Å². The minimum atomic E-state index is -0.474. The van der Waals surface area contributed by atoms with E-state index < -0.39 is 6.03 Å². The molecule has 6 heteroatoms. The van der Waals surface area contributed by atoms with Crippen LogP contribution in [0.25, 0.3) is 10.9 Å². The smallest absolute Gasteiger partial charge is 0.368 e. The maximum atomic E-state index is 10.8. The van der Waals surface area contributed by atoms with Gasteiger partial charge in [0.15, 0.2) is 0 Å². The van der Waals surface area contributed by atoms with Crippen LogP contribution >= 0.6 is 0 Å². The van der Waals surface area contributed by atoms with E-state index in [0.717, 1.165) is 10.9 Å². The number of carbonyl (C=O) groups is 1. The molecule has 2 aromatic carbocycles. The number of anilines is 1. The highest BCUT2D eigenvalue weighted by Gasteiger charge is 2.05. The Labute approximate surface area is 124 Å². The van der Waals surface area contributed by atoms with E-state index in [1.807, 2.05) is 30.3 Å². The summed E-state index contributed by atoms with van der Waals surface area (Å²) in [5, 5.41) is 2.12. The Hall–Kier alpha value is -3.28. The van der Waals surface area contributed by atoms with Gasteiger partial charge in [0, 0.05) is 11.6 Å². The molecule has 0 bridgehead atoms. The summed E-state index contributed by atoms with van der Waals surface area (Å²) in [5.74, 6) is 0. The van der Waals surface area contributed by atoms with Gasteiger partial charge in [0.1, 0.15) is 5.36 Å². The largest absolute Gasteiger partial charge is 0.397 e. The number of hydrogen-bond donors (Lipinski definition) is 2. The number of para-hydroxylation sites is 2. The molecule has 108 valence electrons. The zero-order chi connectivity index (χ0) is 15.5. The minimum Gasteiger partial charge on any atom is -0.397 e. The highest BCUT2D eigenvalue weighted by Crippen LogP contribution is 2.06. The number of H-pyrrole nitrogens is 1. The lowest BCUT2D eigenvalue weighted by atomic mass is 10.2. The quantitative estimate of drug-likeness (QED) is 0.608. The van der Waals surface area contributed by atoms with Crippen molar-refractivity contribution in [1.82, 2.24) is 4.98 Å². The first-order valence-corrected chi connectivity index (χ1v) is 6.57. The Morgan fingerprint density at radius 2 is 1.68 bits per heavy atom. The average Bonchev–Trinajstić information content (AvgIpc) is 2.90. The van der Waals surface area contributed by atoms with E-state index in [1.165, 1.54) is 6.07 Å². The van der Waals surface area contributed by atoms with Gasteiger partial charge in [0.25, 0.3) is 0 Å². The van der Waals surface area contributed by atoms with Gasteiger partial charge in [-0.05, 0) is 29.7 Å². The van der Waals surface area contributed by atoms with Gasteiger partial charge in [-0.2, -0.15) is 9.98 Å². The van der Waals surface area contributed by atoms with Crippen LogP contribution in [-0.4, -0.2) is 11.0 Å². The van der Waals surface area contributed by atoms with Gasteiger partial charge in [0.2, 0.25) is 5.56 Å². The van der Waals surface area contributed by atoms with E-state index in [2.05, 4.69) is 15.0 Å². The Morgan fingerprint density at radius 3 is 2.50 bits per heavy atom. The molecule has 0 saturated carbocycles. The van der Waals surface area contributed by atoms with E-state index in [9.17, 15) is 9.59 Å². The van der Waals surface area contributed by atoms with Crippen LogP contribution in [0.5, 0.6) is 0 Å². The number of carbonyl (C=O) groups excluding carboxylic acids is 1. The summed E-state index contributed by atoms with van der Waals surface area (Å²) in [7, 11) is 0. The lowest BCUT2D eigenvalue weighted by Crippen LogP contribution is -2.24. The molecule has 0 radical (unpaired) electrons. The lowest BCUT2D eigenvalue weighted by molar-refractivity contribution is 0.256. The zero-order valence-corrected chi connectivity index (χ0v) is 11.5. The van der Waals surface area contributed by atoms with Gasteiger partial charge >= 0.3 is 6.03 Å². The molecule has 2 heterocycles. The fraction of sp³-hybridized carbons (Fsp3) is 0. The van der Waals surface area contributed by atoms with Crippen LogP contribution in [0.15, 0.2) is 69.4 Å². The molecule has 4 rings (SSSR count). The van der Waals surface area contributed by atoms with Gasteiger partial charge in [-0.3, -0.25) is 4.79 Å². The van der Waals surface area contributed by atoms with E-state index in [1.54, 1.807) is 18.2 Å². The number of aromatic nitrogens is 1. The van der Waals surface area contributed by atoms with Crippen LogP contribution in [0.4, 0.5) is 10.5 Å². The highest BCUT2D eigenvalue weighted by atomic mass is 16.2. The number of nitrogens with one attached hydrogen (secondary N) is 1. The number of nitrogen functional groups attached to an aromatic ring is 1. The standard InChI is InChI=1S/C9H7NO.C7H5N3O/c11-9-6-5-7-3-1-2-4-8(7)10-9;8-4-2-1-3-5-6(4)10-7(11)9-5/h1-6H,(H,10,11);1-3H,8H2. The molecular weight excluding hydrogens is 280 g/mol. The Kier molecular flexibility index (Phi) is 3.49. The number of urea groups is 1. The minimum absolute atomic E-state index is 0.0521. The first kappa shape index (κ1) is 13.7. The summed E-state index contributed by atoms with van der Waals surface area (Å²) in [5.41, 5.74) is 6.86. The lowest BCUT2D eigenvalue weighted by Gasteiger charge is -1.93. The van der Waals surface area contributed by atoms with Gasteiger partial charge in [-0.1, -0.05) is 24.3 Å². The Balaban J connectivity index is 0.000000131. The molecule has 22 heavy (non-hydrogen) atoms. The predicted octanol–water partition coefficient (Wildman–Crippen LogP) is 1.17. The number of rotatable bonds is 0. The maximum Gasteiger partial charge on any atom is 0.368 e. The molecule has 1 aliphatic rings. The van der Waals surface area contributed by atoms with Crippen molar-refractivity contribution in [3.05, 3.63) is 75.7 Å². The fourth-order valence-corrected chi connectivity index (χ4v) is 2.08. The second kappa shape index (κ2) is 5.61. The second-order valence-electron chi connectivity index (χ2n) is 4.63. The van der Waals surface area contributed by atoms with Crippen LogP contribution in [0, 0.1) is 0 Å². The Bertz CT molecular complexity index is 1040. The molecule has 6 nitrogen and oxygen atoms in total. The van der Waals surface area contributed by atoms with E-state index in [0.29, 0.717) is 16.4 Å². The number of amides is 2. The first-order chi connectivity index (χ1) is 10.6. The second-order valence-corrected chi connectivity index (χ2v) is 4.63. The zero-order valence-electron chi connectivity index (χ0n) is 11.5. The number of pyridine rings is 1. The maximum absolute atomic E-state index is 10.8. The third kappa shape index (κ3) is 2.76. The van der Waals surface area contributed by atoms with Crippen molar-refractivity contribution in [2.75, 3.05) is 5.73 Å². The third-order valence-electron chi connectivity index (χ3n) is 3.10. The number of hydrogen-bond acceptors (Lipinski definition) is 3. The number of nitrogens with zero attached hydrogens (tertiary/aromatic N) is 2. The number of nitrogens with two attached hydrogens (primary N) is 1. The van der Waals surface area contributed by atoms with Crippen LogP contribution < -0.4 is 22.0 Å². The van der Waals surface area contributed by atoms with Crippen molar-refractivity contribution >= 4 is 22.6 Å². The summed E-state index contributed by atoms with van der Waals surface area (Å²) in [6.45, 7) is 0. The summed E-state index contributed by atoms with van der Waals surface area (Å²) in [4.78, 5) is 31.5. The Morgan fingerprint density at radius 1 is 0.864 bits per heavy atom. The fourth-order valence-electron chi connectivity index (χ4n) is 2.08. The van der Waals surface area contributed by atoms with E-state index in [4.69, 9.17) is 5.73 Å². The molecule has 3 aromatic rings. The topological polar surface area (TPSA) is 101 Å². The molecule has 1 aromatic heterocycles. The summed E-state index contributed by atoms with van der Waals surface area (Å²) < 4.78 is 0. The highest BCUT2D eigenvalue weighted by molar-refractivity contribution is 5.78. The van der Waals surface area contributed by atoms with Crippen molar-refractivity contribution in [3.8, 4) is 0 Å². The SMILES string of the molecule is Nc1cccc2c1=NC(=O)N=2.O=c1ccc2ccccc2[nH]1. The van der Waals surface area contributed by atoms with E-state index >= 15 is 0 Å². The molecule has 0 fully saturated rings. The molecule has 3 N–H and O–H groups in total. The van der Waals surface area contributed by atoms with Gasteiger partial charge < -0.3 is 10.7 Å². The summed E-state index contributed by atoms with van der Waals surface area (Å²) in [6, 6.07) is 15.7. The van der Waals surface area contributed by atoms with Crippen LogP contribution in [-0.2, 0) is 0 Å². The number of fused-ring (bicyclic) bond motifs is 2. The van der Waals surface area contributed by atoms with Crippen LogP contribution in [0.2, 0.25) is 0 Å². The van der Waals surface area contributed by atoms with E-state index in [-0.39, 0.29) is 5.56 Å². The average molecular weight is 292 g/mol. The first-order valence-electron chi connectivity index (χ1n) is 6.57. The van der Waals surface area contributed by atoms with Crippen molar-refractivity contribution in [2.45, 2.75) is 0 Å². The normalized spacial score (nSPS) is 11.9. The molecule has 0 unspecified atom stereocenters. The van der Waals surface area contributed by atoms with Crippen molar-refractivity contribution in [1.29, 1.82) is 0 Å². The molecule has 0 saturated heterocycles. The molecular formula is C16H12N4O2. The van der Waals surface area contributed by atoms with Crippen molar-refractivity contribution < 1.29 is 4.79 Å². The van der Waals surface area contributed by atoms with Crippen LogP contribution in [0.1, 0.15) is 0 Å².